The molecule has 0 aliphatic heterocycles. The van der Waals surface area contributed by atoms with Gasteiger partial charge < -0.3 is 14.8 Å². The van der Waals surface area contributed by atoms with Crippen LogP contribution >= 0.6 is 15.9 Å². The summed E-state index contributed by atoms with van der Waals surface area (Å²) in [6, 6.07) is 7.96. The minimum absolute atomic E-state index is 0.388. The van der Waals surface area contributed by atoms with Gasteiger partial charge in [0, 0.05) is 30.2 Å². The monoisotopic (exact) mass is 423 g/mol. The number of halogens is 1. The third kappa shape index (κ3) is 7.07. The number of rotatable bonds is 8. The van der Waals surface area contributed by atoms with E-state index in [1.54, 1.807) is 0 Å². The van der Waals surface area contributed by atoms with Crippen LogP contribution in [0.1, 0.15) is 27.2 Å². The van der Waals surface area contributed by atoms with Crippen molar-refractivity contribution in [2.45, 2.75) is 39.3 Å². The molecule has 1 aromatic heterocycles. The van der Waals surface area contributed by atoms with Gasteiger partial charge in [0.25, 0.3) is 0 Å². The first-order valence-electron chi connectivity index (χ1n) is 8.66. The minimum Gasteiger partial charge on any atom is -0.493 e. The highest BCUT2D eigenvalue weighted by Crippen LogP contribution is 2.22. The van der Waals surface area contributed by atoms with Gasteiger partial charge in [-0.05, 0) is 44.9 Å². The van der Waals surface area contributed by atoms with E-state index >= 15 is 0 Å². The Morgan fingerprint density at radius 1 is 1.23 bits per heavy atom. The van der Waals surface area contributed by atoms with Crippen LogP contribution in [0.25, 0.3) is 11.1 Å². The number of alkyl carbamates (subject to hydrolysis) is 1. The Morgan fingerprint density at radius 3 is 2.62 bits per heavy atom. The first kappa shape index (κ1) is 20.3. The van der Waals surface area contributed by atoms with Gasteiger partial charge in [0.2, 0.25) is 0 Å². The summed E-state index contributed by atoms with van der Waals surface area (Å²) in [5.74, 6) is 0.855. The number of carbonyl (C=O) groups is 1. The van der Waals surface area contributed by atoms with Crippen molar-refractivity contribution in [2.24, 2.45) is 0 Å². The molecule has 26 heavy (non-hydrogen) atoms. The van der Waals surface area contributed by atoms with Crippen LogP contribution in [0, 0.1) is 0 Å². The highest BCUT2D eigenvalue weighted by molar-refractivity contribution is 9.09. The van der Waals surface area contributed by atoms with Crippen molar-refractivity contribution in [1.82, 2.24) is 15.1 Å². The van der Waals surface area contributed by atoms with Crippen LogP contribution in [0.15, 0.2) is 36.7 Å². The lowest BCUT2D eigenvalue weighted by atomic mass is 10.1. The summed E-state index contributed by atoms with van der Waals surface area (Å²) in [5, 5.41) is 7.94. The van der Waals surface area contributed by atoms with Crippen molar-refractivity contribution in [2.75, 3.05) is 18.5 Å². The molecule has 7 heteroatoms. The number of amides is 1. The van der Waals surface area contributed by atoms with Crippen molar-refractivity contribution >= 4 is 22.0 Å². The summed E-state index contributed by atoms with van der Waals surface area (Å²) in [6.07, 6.45) is 4.23. The molecule has 0 fully saturated rings. The molecule has 0 unspecified atom stereocenters. The predicted molar refractivity (Wildman–Crippen MR) is 106 cm³/mol. The summed E-state index contributed by atoms with van der Waals surface area (Å²) < 4.78 is 12.6. The number of nitrogens with zero attached hydrogens (tertiary/aromatic N) is 2. The Balaban J connectivity index is 1.78. The molecule has 0 spiro atoms. The second-order valence-electron chi connectivity index (χ2n) is 6.84. The zero-order valence-corrected chi connectivity index (χ0v) is 17.1. The molecule has 1 heterocycles. The maximum absolute atomic E-state index is 11.6. The number of benzene rings is 1. The lowest BCUT2D eigenvalue weighted by molar-refractivity contribution is 0.0526. The Hall–Kier alpha value is -2.02. The van der Waals surface area contributed by atoms with Crippen LogP contribution in [0.3, 0.4) is 0 Å². The Kier molecular flexibility index (Phi) is 7.50. The van der Waals surface area contributed by atoms with Gasteiger partial charge in [-0.1, -0.05) is 28.1 Å². The fourth-order valence-corrected chi connectivity index (χ4v) is 2.44. The number of hydrogen-bond acceptors (Lipinski definition) is 4. The first-order chi connectivity index (χ1) is 12.4. The van der Waals surface area contributed by atoms with Gasteiger partial charge in [0.05, 0.1) is 12.8 Å². The molecule has 0 atom stereocenters. The number of ether oxygens (including phenoxy) is 2. The molecule has 1 N–H and O–H groups in total. The van der Waals surface area contributed by atoms with Crippen LogP contribution in [0.2, 0.25) is 0 Å². The Labute approximate surface area is 163 Å². The molecule has 1 aromatic carbocycles. The molecule has 2 rings (SSSR count). The normalized spacial score (nSPS) is 11.2. The number of hydrogen-bond donors (Lipinski definition) is 1. The lowest BCUT2D eigenvalue weighted by Crippen LogP contribution is -2.33. The van der Waals surface area contributed by atoms with Crippen LogP contribution < -0.4 is 10.1 Å². The van der Waals surface area contributed by atoms with E-state index in [1.807, 2.05) is 62.1 Å². The van der Waals surface area contributed by atoms with E-state index < -0.39 is 5.60 Å². The van der Waals surface area contributed by atoms with Crippen LogP contribution in [-0.2, 0) is 11.3 Å². The van der Waals surface area contributed by atoms with E-state index in [2.05, 4.69) is 26.3 Å². The first-order valence-corrected chi connectivity index (χ1v) is 9.78. The molecule has 0 bridgehead atoms. The maximum atomic E-state index is 11.6. The second-order valence-corrected chi connectivity index (χ2v) is 7.63. The molecule has 0 aliphatic rings. The zero-order chi connectivity index (χ0) is 19.0. The van der Waals surface area contributed by atoms with E-state index in [0.29, 0.717) is 13.2 Å². The van der Waals surface area contributed by atoms with Gasteiger partial charge in [0.15, 0.2) is 0 Å². The molecule has 6 nitrogen and oxygen atoms in total. The highest BCUT2D eigenvalue weighted by atomic mass is 79.9. The number of carbonyl (C=O) groups excluding carboxylic acids is 1. The zero-order valence-electron chi connectivity index (χ0n) is 15.5. The third-order valence-electron chi connectivity index (χ3n) is 3.40. The van der Waals surface area contributed by atoms with Crippen molar-refractivity contribution < 1.29 is 14.3 Å². The highest BCUT2D eigenvalue weighted by Gasteiger charge is 2.15. The quantitative estimate of drug-likeness (QED) is 0.509. The van der Waals surface area contributed by atoms with Crippen LogP contribution in [0.5, 0.6) is 5.75 Å². The lowest BCUT2D eigenvalue weighted by Gasteiger charge is -2.19. The van der Waals surface area contributed by atoms with E-state index in [0.717, 1.165) is 35.2 Å². The van der Waals surface area contributed by atoms with Gasteiger partial charge in [-0.2, -0.15) is 5.10 Å². The van der Waals surface area contributed by atoms with E-state index in [4.69, 9.17) is 9.47 Å². The standard InChI is InChI=1S/C19H26BrN3O3/c1-19(2,3)26-18(24)21-10-4-11-23-14-16(13-22-23)15-5-7-17(8-6-15)25-12-9-20/h5-8,13-14H,4,9-12H2,1-3H3,(H,21,24). The largest absolute Gasteiger partial charge is 0.493 e. The van der Waals surface area contributed by atoms with Gasteiger partial charge in [-0.3, -0.25) is 4.68 Å². The van der Waals surface area contributed by atoms with Gasteiger partial charge in [-0.15, -0.1) is 0 Å². The van der Waals surface area contributed by atoms with Crippen molar-refractivity contribution in [1.29, 1.82) is 0 Å². The van der Waals surface area contributed by atoms with Gasteiger partial charge in [0.1, 0.15) is 11.4 Å². The molecule has 142 valence electrons. The fraction of sp³-hybridized carbons (Fsp3) is 0.474. The van der Waals surface area contributed by atoms with E-state index in [-0.39, 0.29) is 6.09 Å². The molecule has 1 amide bonds. The van der Waals surface area contributed by atoms with Gasteiger partial charge in [-0.25, -0.2) is 4.79 Å². The Bertz CT molecular complexity index is 693. The number of nitrogens with one attached hydrogen (secondary N) is 1. The molecular weight excluding hydrogens is 398 g/mol. The molecule has 0 saturated carbocycles. The minimum atomic E-state index is -0.476. The molecule has 0 saturated heterocycles. The average Bonchev–Trinajstić information content (AvgIpc) is 3.05. The molecular formula is C19H26BrN3O3. The number of aryl methyl sites for hydroxylation is 1. The third-order valence-corrected chi connectivity index (χ3v) is 3.72. The smallest absolute Gasteiger partial charge is 0.407 e. The van der Waals surface area contributed by atoms with Crippen molar-refractivity contribution in [3.8, 4) is 16.9 Å². The number of aromatic nitrogens is 2. The van der Waals surface area contributed by atoms with Crippen molar-refractivity contribution in [3.05, 3.63) is 36.7 Å². The SMILES string of the molecule is CC(C)(C)OC(=O)NCCCn1cc(-c2ccc(OCCBr)cc2)cn1. The topological polar surface area (TPSA) is 65.4 Å². The maximum Gasteiger partial charge on any atom is 0.407 e. The molecule has 0 radical (unpaired) electrons. The summed E-state index contributed by atoms with van der Waals surface area (Å²) in [5.41, 5.74) is 1.67. The summed E-state index contributed by atoms with van der Waals surface area (Å²) >= 11 is 3.34. The van der Waals surface area contributed by atoms with E-state index in [1.165, 1.54) is 0 Å². The molecule has 0 aliphatic carbocycles. The summed E-state index contributed by atoms with van der Waals surface area (Å²) in [6.45, 7) is 7.45. The summed E-state index contributed by atoms with van der Waals surface area (Å²) in [7, 11) is 0. The predicted octanol–water partition coefficient (Wildman–Crippen LogP) is 4.24. The summed E-state index contributed by atoms with van der Waals surface area (Å²) in [4.78, 5) is 11.6. The van der Waals surface area contributed by atoms with Crippen LogP contribution in [-0.4, -0.2) is 40.0 Å². The van der Waals surface area contributed by atoms with Gasteiger partial charge >= 0.3 is 6.09 Å². The van der Waals surface area contributed by atoms with Crippen LogP contribution in [0.4, 0.5) is 4.79 Å². The second kappa shape index (κ2) is 9.62. The molecule has 2 aromatic rings. The Morgan fingerprint density at radius 2 is 1.96 bits per heavy atom. The average molecular weight is 424 g/mol. The fourth-order valence-electron chi connectivity index (χ4n) is 2.28. The number of alkyl halides is 1. The van der Waals surface area contributed by atoms with E-state index in [9.17, 15) is 4.79 Å². The van der Waals surface area contributed by atoms with Crippen molar-refractivity contribution in [3.63, 3.8) is 0 Å².